The van der Waals surface area contributed by atoms with Gasteiger partial charge in [-0.25, -0.2) is 0 Å². The maximum Gasteiger partial charge on any atom is 0.188 e. The number of hydrogen-bond acceptors (Lipinski definition) is 2. The van der Waals surface area contributed by atoms with E-state index in [1.54, 1.807) is 6.08 Å². The van der Waals surface area contributed by atoms with Crippen molar-refractivity contribution in [2.75, 3.05) is 0 Å². The van der Waals surface area contributed by atoms with Gasteiger partial charge in [0.15, 0.2) is 5.78 Å². The van der Waals surface area contributed by atoms with Gasteiger partial charge >= 0.3 is 0 Å². The molecule has 0 saturated heterocycles. The molecule has 0 aromatic heterocycles. The van der Waals surface area contributed by atoms with Crippen LogP contribution in [0.2, 0.25) is 0 Å². The first-order chi connectivity index (χ1) is 14.8. The van der Waals surface area contributed by atoms with Crippen LogP contribution in [0.3, 0.4) is 0 Å². The molecule has 0 fully saturated rings. The van der Waals surface area contributed by atoms with Crippen LogP contribution in [0.5, 0.6) is 0 Å². The first-order valence-electron chi connectivity index (χ1n) is 9.94. The quantitative estimate of drug-likeness (QED) is 0.418. The van der Waals surface area contributed by atoms with Crippen LogP contribution in [-0.2, 0) is 0 Å². The van der Waals surface area contributed by atoms with Gasteiger partial charge in [0.2, 0.25) is 0 Å². The van der Waals surface area contributed by atoms with Gasteiger partial charge in [-0.05, 0) is 0 Å². The molecule has 0 radical (unpaired) electrons. The fourth-order valence-corrected chi connectivity index (χ4v) is 7.54. The van der Waals surface area contributed by atoms with Gasteiger partial charge in [-0.1, -0.05) is 115 Å². The molecule has 144 valence electrons. The molecule has 0 N–H and O–H groups in total. The topological polar surface area (TPSA) is 29.4 Å². The molecule has 30 heavy (non-hydrogen) atoms. The SMILES string of the molecule is O=C1C=C(N=P(c2ccccc2)(c2ccccc2)c2ccccc2)c2ccccc21. The van der Waals surface area contributed by atoms with Gasteiger partial charge in [0.05, 0.1) is 12.8 Å². The molecule has 1 aliphatic rings. The molecule has 5 rings (SSSR count). The minimum absolute atomic E-state index is 0.0247. The minimum Gasteiger partial charge on any atom is -0.289 e. The Morgan fingerprint density at radius 1 is 0.500 bits per heavy atom. The van der Waals surface area contributed by atoms with E-state index in [2.05, 4.69) is 72.8 Å². The third kappa shape index (κ3) is 3.07. The van der Waals surface area contributed by atoms with Crippen LogP contribution in [0.4, 0.5) is 0 Å². The van der Waals surface area contributed by atoms with Crippen LogP contribution < -0.4 is 15.9 Å². The van der Waals surface area contributed by atoms with Crippen molar-refractivity contribution in [2.45, 2.75) is 0 Å². The third-order valence-electron chi connectivity index (χ3n) is 5.38. The van der Waals surface area contributed by atoms with E-state index in [-0.39, 0.29) is 5.78 Å². The Bertz CT molecular complexity index is 1190. The van der Waals surface area contributed by atoms with Crippen LogP contribution in [0.15, 0.2) is 126 Å². The molecule has 2 nitrogen and oxygen atoms in total. The number of allylic oxidation sites excluding steroid dienone is 1. The monoisotopic (exact) mass is 405 g/mol. The van der Waals surface area contributed by atoms with E-state index in [4.69, 9.17) is 4.74 Å². The number of benzene rings is 4. The summed E-state index contributed by atoms with van der Waals surface area (Å²) in [6.45, 7) is 0. The summed E-state index contributed by atoms with van der Waals surface area (Å²) in [4.78, 5) is 12.6. The van der Waals surface area contributed by atoms with Gasteiger partial charge in [0.1, 0.15) is 0 Å². The Balaban J connectivity index is 1.90. The zero-order chi connectivity index (χ0) is 20.4. The number of carbonyl (C=O) groups excluding carboxylic acids is 1. The molecule has 1 aliphatic carbocycles. The van der Waals surface area contributed by atoms with Crippen molar-refractivity contribution in [2.24, 2.45) is 4.74 Å². The number of rotatable bonds is 4. The highest BCUT2D eigenvalue weighted by Gasteiger charge is 2.30. The number of carbonyl (C=O) groups is 1. The lowest BCUT2D eigenvalue weighted by Gasteiger charge is -2.27. The zero-order valence-electron chi connectivity index (χ0n) is 16.3. The van der Waals surface area contributed by atoms with Crippen molar-refractivity contribution in [1.82, 2.24) is 0 Å². The zero-order valence-corrected chi connectivity index (χ0v) is 17.2. The van der Waals surface area contributed by atoms with Crippen LogP contribution in [0.1, 0.15) is 15.9 Å². The van der Waals surface area contributed by atoms with Crippen LogP contribution >= 0.6 is 7.05 Å². The van der Waals surface area contributed by atoms with Gasteiger partial charge < -0.3 is 0 Å². The summed E-state index contributed by atoms with van der Waals surface area (Å²) < 4.78 is 5.46. The summed E-state index contributed by atoms with van der Waals surface area (Å²) >= 11 is 0. The summed E-state index contributed by atoms with van der Waals surface area (Å²) in [5.41, 5.74) is 2.40. The van der Waals surface area contributed by atoms with E-state index < -0.39 is 7.05 Å². The Hall–Kier alpha value is -3.48. The van der Waals surface area contributed by atoms with Crippen molar-refractivity contribution >= 4 is 34.4 Å². The molecule has 4 aromatic carbocycles. The lowest BCUT2D eigenvalue weighted by molar-refractivity contribution is 0.105. The predicted octanol–water partition coefficient (Wildman–Crippen LogP) is 5.40. The second-order valence-electron chi connectivity index (χ2n) is 7.18. The van der Waals surface area contributed by atoms with Gasteiger partial charge in [-0.2, -0.15) is 0 Å². The van der Waals surface area contributed by atoms with E-state index in [0.29, 0.717) is 0 Å². The lowest BCUT2D eigenvalue weighted by atomic mass is 10.1. The molecule has 0 aliphatic heterocycles. The Morgan fingerprint density at radius 3 is 1.37 bits per heavy atom. The Kier molecular flexibility index (Phi) is 4.78. The summed E-state index contributed by atoms with van der Waals surface area (Å²) in [6, 6.07) is 39.1. The number of fused-ring (bicyclic) bond motifs is 1. The summed E-state index contributed by atoms with van der Waals surface area (Å²) in [6.07, 6.45) is 1.69. The Morgan fingerprint density at radius 2 is 0.900 bits per heavy atom. The van der Waals surface area contributed by atoms with Crippen LogP contribution in [0, 0.1) is 0 Å². The highest BCUT2D eigenvalue weighted by molar-refractivity contribution is 7.87. The molecular weight excluding hydrogens is 385 g/mol. The maximum atomic E-state index is 12.6. The average molecular weight is 405 g/mol. The van der Waals surface area contributed by atoms with Crippen LogP contribution in [-0.4, -0.2) is 5.78 Å². The molecule has 3 heteroatoms. The molecule has 0 spiro atoms. The fourth-order valence-electron chi connectivity index (χ4n) is 4.00. The summed E-state index contributed by atoms with van der Waals surface area (Å²) in [5, 5.41) is 3.50. The standard InChI is InChI=1S/C27H20NOP/c29-27-20-26(24-18-10-11-19-25(24)27)28-30(21-12-4-1-5-13-21,22-14-6-2-7-15-22)23-16-8-3-9-17-23/h1-20H. The minimum atomic E-state index is -2.38. The molecule has 0 bridgehead atoms. The fraction of sp³-hybridized carbons (Fsp3) is 0. The molecule has 0 heterocycles. The van der Waals surface area contributed by atoms with E-state index in [1.807, 2.05) is 42.5 Å². The third-order valence-corrected chi connectivity index (χ3v) is 9.04. The summed E-state index contributed by atoms with van der Waals surface area (Å²) in [5.74, 6) is 0.0247. The lowest BCUT2D eigenvalue weighted by Crippen LogP contribution is -2.25. The van der Waals surface area contributed by atoms with Gasteiger partial charge in [0.25, 0.3) is 0 Å². The number of hydrogen-bond donors (Lipinski definition) is 0. The van der Waals surface area contributed by atoms with E-state index in [0.717, 1.165) is 16.8 Å². The molecule has 0 unspecified atom stereocenters. The van der Waals surface area contributed by atoms with Gasteiger partial charge in [-0.3, -0.25) is 9.54 Å². The molecule has 0 saturated carbocycles. The van der Waals surface area contributed by atoms with E-state index in [1.165, 1.54) is 15.9 Å². The first kappa shape index (κ1) is 18.5. The Labute approximate surface area is 176 Å². The molecule has 0 atom stereocenters. The number of ketones is 1. The van der Waals surface area contributed by atoms with Crippen molar-refractivity contribution in [3.05, 3.63) is 132 Å². The number of nitrogens with zero attached hydrogens (tertiary/aromatic N) is 1. The average Bonchev–Trinajstić information content (AvgIpc) is 3.14. The molecule has 4 aromatic rings. The van der Waals surface area contributed by atoms with Crippen molar-refractivity contribution in [1.29, 1.82) is 0 Å². The first-order valence-corrected chi connectivity index (χ1v) is 11.7. The molecular formula is C27H20NOP. The molecule has 0 amide bonds. The van der Waals surface area contributed by atoms with Gasteiger partial charge in [-0.15, -0.1) is 0 Å². The second kappa shape index (κ2) is 7.74. The van der Waals surface area contributed by atoms with Crippen molar-refractivity contribution in [3.8, 4) is 0 Å². The highest BCUT2D eigenvalue weighted by atomic mass is 31.2. The van der Waals surface area contributed by atoms with Crippen molar-refractivity contribution in [3.63, 3.8) is 0 Å². The second-order valence-corrected chi connectivity index (χ2v) is 10.2. The predicted molar refractivity (Wildman–Crippen MR) is 126 cm³/mol. The largest absolute Gasteiger partial charge is 0.289 e. The summed E-state index contributed by atoms with van der Waals surface area (Å²) in [7, 11) is -2.38. The van der Waals surface area contributed by atoms with E-state index >= 15 is 0 Å². The van der Waals surface area contributed by atoms with Gasteiger partial charge in [0, 0.05) is 33.1 Å². The van der Waals surface area contributed by atoms with Crippen LogP contribution in [0.25, 0.3) is 5.70 Å². The normalized spacial score (nSPS) is 12.9. The highest BCUT2D eigenvalue weighted by Crippen LogP contribution is 2.50. The maximum absolute atomic E-state index is 12.6. The van der Waals surface area contributed by atoms with E-state index in [9.17, 15) is 4.79 Å². The van der Waals surface area contributed by atoms with Crippen molar-refractivity contribution < 1.29 is 4.79 Å². The smallest absolute Gasteiger partial charge is 0.188 e.